The number of nitrogens with one attached hydrogen (secondary N) is 2. The number of carbonyl (C=O) groups excluding carboxylic acids is 2. The maximum absolute atomic E-state index is 13.6. The summed E-state index contributed by atoms with van der Waals surface area (Å²) in [5.41, 5.74) is -0.135. The molecule has 6 rings (SSSR count). The number of pyridine rings is 2. The fraction of sp³-hybridized carbons (Fsp3) is 0.613. The fourth-order valence-corrected chi connectivity index (χ4v) is 8.33. The van der Waals surface area contributed by atoms with Crippen molar-refractivity contribution in [3.05, 3.63) is 35.9 Å². The number of sulfonamides is 1. The van der Waals surface area contributed by atoms with E-state index in [2.05, 4.69) is 33.8 Å². The normalized spacial score (nSPS) is 25.9. The Kier molecular flexibility index (Phi) is 7.89. The van der Waals surface area contributed by atoms with Gasteiger partial charge in [0, 0.05) is 31.1 Å². The monoisotopic (exact) mass is 594 g/mol. The first-order chi connectivity index (χ1) is 20.1. The number of hydrogen-bond donors (Lipinski definition) is 2. The second kappa shape index (κ2) is 11.5. The molecule has 5 heterocycles. The Morgan fingerprint density at radius 3 is 2.60 bits per heavy atom. The van der Waals surface area contributed by atoms with Gasteiger partial charge >= 0.3 is 0 Å². The van der Waals surface area contributed by atoms with Gasteiger partial charge in [0.1, 0.15) is 17.5 Å². The smallest absolute Gasteiger partial charge is 0.281 e. The van der Waals surface area contributed by atoms with Gasteiger partial charge in [-0.2, -0.15) is 8.42 Å². The number of rotatable bonds is 4. The molecule has 4 aliphatic rings. The van der Waals surface area contributed by atoms with Crippen LogP contribution in [0.25, 0.3) is 0 Å². The molecule has 11 heteroatoms. The van der Waals surface area contributed by atoms with Crippen molar-refractivity contribution in [2.24, 2.45) is 17.8 Å². The number of hydrogen-bond acceptors (Lipinski definition) is 8. The van der Waals surface area contributed by atoms with E-state index in [-0.39, 0.29) is 28.0 Å². The maximum Gasteiger partial charge on any atom is 0.281 e. The van der Waals surface area contributed by atoms with Crippen molar-refractivity contribution in [2.45, 2.75) is 88.6 Å². The zero-order valence-electron chi connectivity index (χ0n) is 24.6. The minimum atomic E-state index is -4.23. The van der Waals surface area contributed by atoms with Gasteiger partial charge in [0.2, 0.25) is 5.91 Å². The highest BCUT2D eigenvalue weighted by atomic mass is 32.2. The summed E-state index contributed by atoms with van der Waals surface area (Å²) in [4.78, 5) is 40.2. The molecule has 0 aromatic carbocycles. The number of fused-ring (bicyclic) bond motifs is 6. The van der Waals surface area contributed by atoms with Gasteiger partial charge in [-0.3, -0.25) is 14.5 Å². The summed E-state index contributed by atoms with van der Waals surface area (Å²) in [6.45, 7) is 6.23. The quantitative estimate of drug-likeness (QED) is 0.521. The molecule has 2 aromatic rings. The molecule has 226 valence electrons. The predicted octanol–water partition coefficient (Wildman–Crippen LogP) is 4.73. The van der Waals surface area contributed by atoms with Crippen molar-refractivity contribution in [3.63, 3.8) is 0 Å². The predicted molar refractivity (Wildman–Crippen MR) is 162 cm³/mol. The molecule has 2 amide bonds. The second-order valence-corrected chi connectivity index (χ2v) is 14.7. The van der Waals surface area contributed by atoms with Gasteiger partial charge in [-0.25, -0.2) is 14.7 Å². The van der Waals surface area contributed by atoms with Gasteiger partial charge in [-0.05, 0) is 88.5 Å². The highest BCUT2D eigenvalue weighted by molar-refractivity contribution is 7.90. The lowest BCUT2D eigenvalue weighted by Crippen LogP contribution is -2.41. The van der Waals surface area contributed by atoms with E-state index in [1.165, 1.54) is 31.7 Å². The molecular weight excluding hydrogens is 552 g/mol. The molecule has 0 radical (unpaired) electrons. The first-order valence-electron chi connectivity index (χ1n) is 15.5. The van der Waals surface area contributed by atoms with Gasteiger partial charge in [-0.15, -0.1) is 0 Å². The summed E-state index contributed by atoms with van der Waals surface area (Å²) in [6, 6.07) is 8.00. The van der Waals surface area contributed by atoms with Crippen LogP contribution < -0.4 is 19.8 Å². The van der Waals surface area contributed by atoms with Crippen LogP contribution >= 0.6 is 0 Å². The van der Waals surface area contributed by atoms with Crippen molar-refractivity contribution >= 4 is 39.3 Å². The number of amides is 2. The van der Waals surface area contributed by atoms with E-state index < -0.39 is 15.9 Å². The number of aromatic nitrogens is 2. The van der Waals surface area contributed by atoms with Crippen LogP contribution in [0.15, 0.2) is 35.4 Å². The summed E-state index contributed by atoms with van der Waals surface area (Å²) in [7, 11) is -4.23. The lowest BCUT2D eigenvalue weighted by Gasteiger charge is -2.34. The SMILES string of the molecule is CC1(C)C[C@@H]2CCCNc3cccc(n3)S(=O)(=O)NC(=O)c3ccc(N4CC[C@H](CCC5CCCC5)C4=O)nc3N1C2. The van der Waals surface area contributed by atoms with E-state index in [0.717, 1.165) is 44.4 Å². The molecule has 2 saturated heterocycles. The molecular formula is C31H42N6O4S. The van der Waals surface area contributed by atoms with Gasteiger partial charge < -0.3 is 10.2 Å². The average Bonchev–Trinajstić information content (AvgIpc) is 3.68. The minimum absolute atomic E-state index is 0.00271. The Morgan fingerprint density at radius 2 is 1.79 bits per heavy atom. The van der Waals surface area contributed by atoms with Crippen LogP contribution in [-0.2, 0) is 14.8 Å². The van der Waals surface area contributed by atoms with Gasteiger partial charge in [0.25, 0.3) is 15.9 Å². The fourth-order valence-electron chi connectivity index (χ4n) is 7.39. The van der Waals surface area contributed by atoms with Gasteiger partial charge in [0.05, 0.1) is 5.56 Å². The zero-order valence-corrected chi connectivity index (χ0v) is 25.5. The molecule has 4 bridgehead atoms. The summed E-state index contributed by atoms with van der Waals surface area (Å²) in [6.07, 6.45) is 10.8. The maximum atomic E-state index is 13.6. The molecule has 3 aliphatic heterocycles. The van der Waals surface area contributed by atoms with Crippen LogP contribution in [0, 0.1) is 17.8 Å². The van der Waals surface area contributed by atoms with Gasteiger partial charge in [-0.1, -0.05) is 31.7 Å². The van der Waals surface area contributed by atoms with Crippen LogP contribution in [-0.4, -0.2) is 55.4 Å². The highest BCUT2D eigenvalue weighted by Crippen LogP contribution is 2.41. The van der Waals surface area contributed by atoms with Crippen molar-refractivity contribution in [2.75, 3.05) is 34.8 Å². The summed E-state index contributed by atoms with van der Waals surface area (Å²) in [5.74, 6) is 1.86. The molecule has 42 heavy (non-hydrogen) atoms. The molecule has 1 aliphatic carbocycles. The molecule has 10 nitrogen and oxygen atoms in total. The Bertz CT molecular complexity index is 1460. The van der Waals surface area contributed by atoms with Crippen LogP contribution in [0.2, 0.25) is 0 Å². The average molecular weight is 595 g/mol. The number of carbonyl (C=O) groups is 2. The molecule has 2 aromatic heterocycles. The van der Waals surface area contributed by atoms with E-state index in [4.69, 9.17) is 4.98 Å². The Hall–Kier alpha value is -3.21. The van der Waals surface area contributed by atoms with Crippen molar-refractivity contribution in [1.29, 1.82) is 0 Å². The van der Waals surface area contributed by atoms with Crippen molar-refractivity contribution < 1.29 is 18.0 Å². The van der Waals surface area contributed by atoms with E-state index in [9.17, 15) is 18.0 Å². The van der Waals surface area contributed by atoms with Crippen LogP contribution in [0.3, 0.4) is 0 Å². The Morgan fingerprint density at radius 1 is 0.976 bits per heavy atom. The third-order valence-corrected chi connectivity index (χ3v) is 10.9. The van der Waals surface area contributed by atoms with E-state index in [1.54, 1.807) is 29.2 Å². The van der Waals surface area contributed by atoms with E-state index >= 15 is 0 Å². The molecule has 0 spiro atoms. The third kappa shape index (κ3) is 5.85. The van der Waals surface area contributed by atoms with Crippen LogP contribution in [0.4, 0.5) is 17.5 Å². The first kappa shape index (κ1) is 28.9. The van der Waals surface area contributed by atoms with Crippen molar-refractivity contribution in [3.8, 4) is 0 Å². The lowest BCUT2D eigenvalue weighted by atomic mass is 9.93. The Balaban J connectivity index is 1.32. The molecule has 2 atom stereocenters. The van der Waals surface area contributed by atoms with Crippen LogP contribution in [0.5, 0.6) is 0 Å². The molecule has 0 unspecified atom stereocenters. The first-order valence-corrected chi connectivity index (χ1v) is 17.0. The molecule has 1 saturated carbocycles. The lowest BCUT2D eigenvalue weighted by molar-refractivity contribution is -0.120. The molecule has 3 fully saturated rings. The summed E-state index contributed by atoms with van der Waals surface area (Å²) < 4.78 is 28.6. The highest BCUT2D eigenvalue weighted by Gasteiger charge is 2.42. The van der Waals surface area contributed by atoms with E-state index in [1.807, 2.05) is 0 Å². The minimum Gasteiger partial charge on any atom is -0.370 e. The van der Waals surface area contributed by atoms with E-state index in [0.29, 0.717) is 43.0 Å². The second-order valence-electron chi connectivity index (χ2n) is 13.1. The Labute approximate surface area is 248 Å². The van der Waals surface area contributed by atoms with Crippen LogP contribution in [0.1, 0.15) is 88.4 Å². The summed E-state index contributed by atoms with van der Waals surface area (Å²) >= 11 is 0. The number of nitrogens with zero attached hydrogens (tertiary/aromatic N) is 4. The molecule has 2 N–H and O–H groups in total. The number of anilines is 3. The van der Waals surface area contributed by atoms with Crippen molar-refractivity contribution in [1.82, 2.24) is 14.7 Å². The zero-order chi connectivity index (χ0) is 29.5. The van der Waals surface area contributed by atoms with Gasteiger partial charge in [0.15, 0.2) is 5.03 Å². The standard InChI is InChI=1S/C31H42N6O4S/c1-31(2)19-22-9-6-17-32-25-10-5-11-27(33-25)42(40,41)35-29(38)24-14-15-26(34-28(24)37(31)20-22)36-18-16-23(30(36)39)13-12-21-7-3-4-8-21/h5,10-11,14-15,21-23H,3-4,6-9,12-13,16-20H2,1-2H3,(H,32,33)(H,35,38)/t22-,23-/m0/s1. The summed E-state index contributed by atoms with van der Waals surface area (Å²) in [5, 5.41) is 2.99. The third-order valence-electron chi connectivity index (χ3n) is 9.63. The topological polar surface area (TPSA) is 125 Å². The largest absolute Gasteiger partial charge is 0.370 e.